The van der Waals surface area contributed by atoms with Crippen LogP contribution in [0.4, 0.5) is 5.69 Å². The second kappa shape index (κ2) is 2.23. The van der Waals surface area contributed by atoms with Gasteiger partial charge in [-0.3, -0.25) is 10.1 Å². The first kappa shape index (κ1) is 6.15. The maximum atomic E-state index is 4.02. The number of rotatable bonds is 1. The van der Waals surface area contributed by atoms with Crippen LogP contribution in [0.2, 0.25) is 0 Å². The molecule has 0 aliphatic carbocycles. The highest BCUT2D eigenvalue weighted by Crippen LogP contribution is 2.17. The van der Waals surface area contributed by atoms with Crippen molar-refractivity contribution in [1.29, 1.82) is 0 Å². The summed E-state index contributed by atoms with van der Waals surface area (Å²) >= 11 is 0. The molecule has 0 radical (unpaired) electrons. The number of aromatic amines is 1. The predicted octanol–water partition coefficient (Wildman–Crippen LogP) is 1.000. The van der Waals surface area contributed by atoms with Crippen molar-refractivity contribution in [2.24, 2.45) is 0 Å². The molecule has 4 nitrogen and oxygen atoms in total. The number of pyridine rings is 1. The molecule has 0 amide bonds. The van der Waals surface area contributed by atoms with Crippen LogP contribution in [0.25, 0.3) is 10.9 Å². The minimum absolute atomic E-state index is 0.955. The van der Waals surface area contributed by atoms with Crippen LogP contribution in [0.5, 0.6) is 0 Å². The maximum Gasteiger partial charge on any atom is 0.0854 e. The summed E-state index contributed by atoms with van der Waals surface area (Å²) in [6.07, 6.45) is 5.31. The molecule has 0 aromatic carbocycles. The fourth-order valence-corrected chi connectivity index (χ4v) is 1.06. The molecule has 0 saturated carbocycles. The van der Waals surface area contributed by atoms with E-state index >= 15 is 0 Å². The van der Waals surface area contributed by atoms with Crippen LogP contribution in [-0.2, 0) is 0 Å². The van der Waals surface area contributed by atoms with E-state index in [4.69, 9.17) is 0 Å². The van der Waals surface area contributed by atoms with Crippen molar-refractivity contribution < 1.29 is 0 Å². The fraction of sp³-hybridized carbons (Fsp3) is 0.143. The number of H-pyrrole nitrogens is 1. The molecule has 56 valence electrons. The molecule has 2 N–H and O–H groups in total. The summed E-state index contributed by atoms with van der Waals surface area (Å²) in [5, 5.41) is 10.9. The first-order valence-electron chi connectivity index (χ1n) is 3.36. The highest BCUT2D eigenvalue weighted by Gasteiger charge is 1.99. The van der Waals surface area contributed by atoms with E-state index < -0.39 is 0 Å². The highest BCUT2D eigenvalue weighted by atomic mass is 15.1. The second-order valence-electron chi connectivity index (χ2n) is 2.27. The van der Waals surface area contributed by atoms with Gasteiger partial charge in [-0.15, -0.1) is 0 Å². The number of anilines is 1. The van der Waals surface area contributed by atoms with Crippen molar-refractivity contribution in [3.05, 3.63) is 18.6 Å². The van der Waals surface area contributed by atoms with Gasteiger partial charge in [-0.25, -0.2) is 0 Å². The van der Waals surface area contributed by atoms with Crippen LogP contribution < -0.4 is 5.32 Å². The average molecular weight is 148 g/mol. The van der Waals surface area contributed by atoms with E-state index in [1.807, 2.05) is 7.05 Å². The number of nitrogens with one attached hydrogen (secondary N) is 2. The Kier molecular flexibility index (Phi) is 1.25. The molecular weight excluding hydrogens is 140 g/mol. The Balaban J connectivity index is 2.79. The lowest BCUT2D eigenvalue weighted by Gasteiger charge is -1.97. The normalized spacial score (nSPS) is 10.3. The van der Waals surface area contributed by atoms with E-state index in [1.165, 1.54) is 0 Å². The van der Waals surface area contributed by atoms with Crippen LogP contribution in [-0.4, -0.2) is 22.2 Å². The minimum atomic E-state index is 0.955. The molecule has 0 unspecified atom stereocenters. The van der Waals surface area contributed by atoms with E-state index in [9.17, 15) is 0 Å². The standard InChI is InChI=1S/C7H8N4/c1-8-6-3-9-4-7-5(6)2-10-11-7/h2-4,8H,1H3,(H,10,11). The summed E-state index contributed by atoms with van der Waals surface area (Å²) in [6.45, 7) is 0. The van der Waals surface area contributed by atoms with Gasteiger partial charge in [-0.05, 0) is 0 Å². The van der Waals surface area contributed by atoms with Gasteiger partial charge in [-0.2, -0.15) is 5.10 Å². The third-order valence-corrected chi connectivity index (χ3v) is 1.64. The predicted molar refractivity (Wildman–Crippen MR) is 43.4 cm³/mol. The van der Waals surface area contributed by atoms with Gasteiger partial charge in [0, 0.05) is 12.4 Å². The number of nitrogens with zero attached hydrogens (tertiary/aromatic N) is 2. The third-order valence-electron chi connectivity index (χ3n) is 1.64. The van der Waals surface area contributed by atoms with Gasteiger partial charge >= 0.3 is 0 Å². The molecule has 0 bridgehead atoms. The Hall–Kier alpha value is -1.58. The lowest BCUT2D eigenvalue weighted by atomic mass is 10.3. The van der Waals surface area contributed by atoms with E-state index in [-0.39, 0.29) is 0 Å². The minimum Gasteiger partial charge on any atom is -0.386 e. The Labute approximate surface area is 63.6 Å². The van der Waals surface area contributed by atoms with Crippen molar-refractivity contribution in [2.75, 3.05) is 12.4 Å². The summed E-state index contributed by atoms with van der Waals surface area (Å²) < 4.78 is 0. The van der Waals surface area contributed by atoms with Gasteiger partial charge in [0.25, 0.3) is 0 Å². The Bertz CT molecular complexity index is 365. The number of hydrogen-bond donors (Lipinski definition) is 2. The topological polar surface area (TPSA) is 53.6 Å². The van der Waals surface area contributed by atoms with Crippen molar-refractivity contribution in [2.45, 2.75) is 0 Å². The molecule has 2 rings (SSSR count). The smallest absolute Gasteiger partial charge is 0.0854 e. The molecule has 2 aromatic heterocycles. The molecule has 4 heteroatoms. The number of hydrogen-bond acceptors (Lipinski definition) is 3. The average Bonchev–Trinajstić information content (AvgIpc) is 2.50. The molecule has 0 atom stereocenters. The van der Waals surface area contributed by atoms with Gasteiger partial charge in [0.2, 0.25) is 0 Å². The van der Waals surface area contributed by atoms with Crippen molar-refractivity contribution >= 4 is 16.6 Å². The van der Waals surface area contributed by atoms with Crippen LogP contribution in [0, 0.1) is 0 Å². The number of fused-ring (bicyclic) bond motifs is 1. The molecule has 0 fully saturated rings. The lowest BCUT2D eigenvalue weighted by molar-refractivity contribution is 1.11. The monoisotopic (exact) mass is 148 g/mol. The zero-order chi connectivity index (χ0) is 7.68. The van der Waals surface area contributed by atoms with Gasteiger partial charge in [0.15, 0.2) is 0 Å². The molecule has 0 spiro atoms. The zero-order valence-electron chi connectivity index (χ0n) is 6.13. The summed E-state index contributed by atoms with van der Waals surface area (Å²) in [6, 6.07) is 0. The molecule has 0 aliphatic heterocycles. The quantitative estimate of drug-likeness (QED) is 0.634. The van der Waals surface area contributed by atoms with Crippen LogP contribution in [0.15, 0.2) is 18.6 Å². The van der Waals surface area contributed by atoms with Gasteiger partial charge in [0.1, 0.15) is 0 Å². The van der Waals surface area contributed by atoms with Crippen molar-refractivity contribution in [3.63, 3.8) is 0 Å². The van der Waals surface area contributed by atoms with E-state index in [2.05, 4.69) is 20.5 Å². The molecule has 0 aliphatic rings. The Morgan fingerprint density at radius 3 is 3.09 bits per heavy atom. The Morgan fingerprint density at radius 1 is 1.36 bits per heavy atom. The van der Waals surface area contributed by atoms with Crippen molar-refractivity contribution in [1.82, 2.24) is 15.2 Å². The van der Waals surface area contributed by atoms with E-state index in [0.717, 1.165) is 16.6 Å². The molecule has 2 aromatic rings. The zero-order valence-corrected chi connectivity index (χ0v) is 6.13. The third kappa shape index (κ3) is 0.832. The molecule has 11 heavy (non-hydrogen) atoms. The van der Waals surface area contributed by atoms with E-state index in [0.29, 0.717) is 0 Å². The molecule has 0 saturated heterocycles. The van der Waals surface area contributed by atoms with Gasteiger partial charge in [0.05, 0.1) is 29.8 Å². The van der Waals surface area contributed by atoms with Gasteiger partial charge in [-0.1, -0.05) is 0 Å². The fourth-order valence-electron chi connectivity index (χ4n) is 1.06. The molecular formula is C7H8N4. The Morgan fingerprint density at radius 2 is 2.27 bits per heavy atom. The van der Waals surface area contributed by atoms with Crippen LogP contribution >= 0.6 is 0 Å². The van der Waals surface area contributed by atoms with Gasteiger partial charge < -0.3 is 5.32 Å². The lowest BCUT2D eigenvalue weighted by Crippen LogP contribution is -1.88. The van der Waals surface area contributed by atoms with Crippen LogP contribution in [0.1, 0.15) is 0 Å². The highest BCUT2D eigenvalue weighted by molar-refractivity contribution is 5.89. The van der Waals surface area contributed by atoms with Crippen LogP contribution in [0.3, 0.4) is 0 Å². The molecule has 2 heterocycles. The first-order valence-corrected chi connectivity index (χ1v) is 3.36. The number of aromatic nitrogens is 3. The van der Waals surface area contributed by atoms with Crippen molar-refractivity contribution in [3.8, 4) is 0 Å². The summed E-state index contributed by atoms with van der Waals surface area (Å²) in [7, 11) is 1.86. The summed E-state index contributed by atoms with van der Waals surface area (Å²) in [4.78, 5) is 4.02. The second-order valence-corrected chi connectivity index (χ2v) is 2.27. The largest absolute Gasteiger partial charge is 0.386 e. The first-order chi connectivity index (χ1) is 5.42. The SMILES string of the molecule is CNc1cncc2[nH]ncc12. The summed E-state index contributed by atoms with van der Waals surface area (Å²) in [5.74, 6) is 0. The summed E-state index contributed by atoms with van der Waals surface area (Å²) in [5.41, 5.74) is 1.95. The maximum absolute atomic E-state index is 4.02. The van der Waals surface area contributed by atoms with E-state index in [1.54, 1.807) is 18.6 Å².